The molecule has 0 aromatic heterocycles. The molecule has 2 aromatic carbocycles. The summed E-state index contributed by atoms with van der Waals surface area (Å²) in [4.78, 5) is -0.644. The van der Waals surface area contributed by atoms with E-state index >= 15 is 0 Å². The van der Waals surface area contributed by atoms with E-state index in [0.717, 1.165) is 27.6 Å². The second-order valence-corrected chi connectivity index (χ2v) is 8.00. The molecule has 0 radical (unpaired) electrons. The van der Waals surface area contributed by atoms with Crippen LogP contribution in [0.4, 0.5) is 0 Å². The Morgan fingerprint density at radius 2 is 1.07 bits per heavy atom. The van der Waals surface area contributed by atoms with Gasteiger partial charge >= 0.3 is 0 Å². The third-order valence-electron chi connectivity index (χ3n) is 5.01. The van der Waals surface area contributed by atoms with Crippen LogP contribution >= 0.6 is 39.1 Å². The molecule has 0 bridgehead atoms. The van der Waals surface area contributed by atoms with E-state index in [9.17, 15) is 0 Å². The van der Waals surface area contributed by atoms with Gasteiger partial charge in [-0.3, -0.25) is 0 Å². The molecule has 2 aromatic rings. The Morgan fingerprint density at radius 3 is 1.33 bits per heavy atom. The molecule has 7 heteroatoms. The van der Waals surface area contributed by atoms with Crippen molar-refractivity contribution < 1.29 is 18.9 Å². The molecule has 27 heavy (non-hydrogen) atoms. The zero-order valence-corrected chi connectivity index (χ0v) is 18.6. The summed E-state index contributed by atoms with van der Waals surface area (Å²) in [5.41, 5.74) is 4.24. The molecular weight excluding hydrogens is 455 g/mol. The summed E-state index contributed by atoms with van der Waals surface area (Å²) in [5, 5.41) is 0.722. The van der Waals surface area contributed by atoms with E-state index in [-0.39, 0.29) is 11.8 Å². The average Bonchev–Trinajstić information content (AvgIpc) is 2.69. The molecule has 0 amide bonds. The van der Waals surface area contributed by atoms with Gasteiger partial charge in [-0.05, 0) is 46.5 Å². The molecule has 4 nitrogen and oxygen atoms in total. The molecule has 0 atom stereocenters. The van der Waals surface area contributed by atoms with Gasteiger partial charge < -0.3 is 18.9 Å². The minimum Gasteiger partial charge on any atom is -0.493 e. The lowest BCUT2D eigenvalue weighted by atomic mass is 9.73. The van der Waals surface area contributed by atoms with Gasteiger partial charge in [-0.1, -0.05) is 15.9 Å². The minimum absolute atomic E-state index is 0.0814. The molecule has 1 aliphatic rings. The molecule has 0 saturated heterocycles. The zero-order chi connectivity index (χ0) is 19.7. The first-order chi connectivity index (χ1) is 13.0. The van der Waals surface area contributed by atoms with Gasteiger partial charge in [0.15, 0.2) is 23.0 Å². The average molecular weight is 476 g/mol. The van der Waals surface area contributed by atoms with Gasteiger partial charge in [0.2, 0.25) is 0 Å². The van der Waals surface area contributed by atoms with Crippen LogP contribution in [0.15, 0.2) is 24.3 Å². The molecule has 0 unspecified atom stereocenters. The van der Waals surface area contributed by atoms with Gasteiger partial charge in [0.1, 0.15) is 4.84 Å². The minimum atomic E-state index is -0.644. The molecule has 0 heterocycles. The number of rotatable bonds is 6. The summed E-state index contributed by atoms with van der Waals surface area (Å²) in [6, 6.07) is 7.93. The molecule has 0 saturated carbocycles. The number of halogens is 3. The summed E-state index contributed by atoms with van der Waals surface area (Å²) >= 11 is 16.6. The summed E-state index contributed by atoms with van der Waals surface area (Å²) in [6.45, 7) is 0. The van der Waals surface area contributed by atoms with Crippen molar-refractivity contribution in [2.24, 2.45) is 0 Å². The van der Waals surface area contributed by atoms with Gasteiger partial charge in [0.25, 0.3) is 0 Å². The van der Waals surface area contributed by atoms with E-state index in [0.29, 0.717) is 23.0 Å². The van der Waals surface area contributed by atoms with Crippen molar-refractivity contribution in [2.75, 3.05) is 33.8 Å². The molecule has 1 aliphatic carbocycles. The Bertz CT molecular complexity index is 778. The monoisotopic (exact) mass is 474 g/mol. The van der Waals surface area contributed by atoms with Crippen LogP contribution < -0.4 is 18.9 Å². The zero-order valence-electron chi connectivity index (χ0n) is 15.5. The highest BCUT2D eigenvalue weighted by molar-refractivity contribution is 9.09. The first-order valence-electron chi connectivity index (χ1n) is 8.36. The number of hydrogen-bond donors (Lipinski definition) is 0. The van der Waals surface area contributed by atoms with Gasteiger partial charge in [-0.2, -0.15) is 0 Å². The maximum Gasteiger partial charge on any atom is 0.161 e. The van der Waals surface area contributed by atoms with E-state index in [1.807, 2.05) is 24.3 Å². The largest absolute Gasteiger partial charge is 0.493 e. The molecule has 0 aliphatic heterocycles. The van der Waals surface area contributed by atoms with Crippen molar-refractivity contribution in [1.82, 2.24) is 0 Å². The smallest absolute Gasteiger partial charge is 0.161 e. The van der Waals surface area contributed by atoms with Crippen LogP contribution in [0.2, 0.25) is 0 Å². The fraction of sp³-hybridized carbons (Fsp3) is 0.400. The third-order valence-corrected chi connectivity index (χ3v) is 6.16. The SMILES string of the molecule is COc1cc2c(cc1OC)C(C(Cl)Cl)c1cc(OC)c(OC)cc1C2CBr. The van der Waals surface area contributed by atoms with Crippen LogP contribution in [0, 0.1) is 0 Å². The van der Waals surface area contributed by atoms with Crippen molar-refractivity contribution >= 4 is 39.1 Å². The standard InChI is InChI=1S/C20H21BrCl2O4/c1-24-15-5-10-12(7-17(15)26-3)19(20(22)23)13-8-18(27-4)16(25-2)6-11(13)14(10)9-21/h5-8,14,19-20H,9H2,1-4H3. The summed E-state index contributed by atoms with van der Waals surface area (Å²) in [7, 11) is 6.48. The molecule has 0 spiro atoms. The first-order valence-corrected chi connectivity index (χ1v) is 10.4. The Labute approximate surface area is 177 Å². The number of hydrogen-bond acceptors (Lipinski definition) is 4. The van der Waals surface area contributed by atoms with Crippen LogP contribution in [0.5, 0.6) is 23.0 Å². The highest BCUT2D eigenvalue weighted by Crippen LogP contribution is 2.52. The second-order valence-electron chi connectivity index (χ2n) is 6.19. The lowest BCUT2D eigenvalue weighted by Crippen LogP contribution is -2.23. The Balaban J connectivity index is 2.32. The van der Waals surface area contributed by atoms with E-state index in [4.69, 9.17) is 42.1 Å². The number of benzene rings is 2. The van der Waals surface area contributed by atoms with E-state index in [1.54, 1.807) is 28.4 Å². The van der Waals surface area contributed by atoms with Crippen molar-refractivity contribution in [3.63, 3.8) is 0 Å². The summed E-state index contributed by atoms with van der Waals surface area (Å²) < 4.78 is 22.0. The molecule has 3 rings (SSSR count). The second kappa shape index (κ2) is 8.38. The Hall–Kier alpha value is -1.30. The normalized spacial score (nSPS) is 17.9. The number of fused-ring (bicyclic) bond motifs is 2. The molecular formula is C20H21BrCl2O4. The fourth-order valence-electron chi connectivity index (χ4n) is 3.74. The summed E-state index contributed by atoms with van der Waals surface area (Å²) in [6.07, 6.45) is 0. The van der Waals surface area contributed by atoms with E-state index < -0.39 is 4.84 Å². The number of alkyl halides is 3. The topological polar surface area (TPSA) is 36.9 Å². The molecule has 146 valence electrons. The van der Waals surface area contributed by atoms with Gasteiger partial charge in [-0.25, -0.2) is 0 Å². The van der Waals surface area contributed by atoms with Crippen molar-refractivity contribution in [2.45, 2.75) is 16.7 Å². The Kier molecular flexibility index (Phi) is 6.34. The van der Waals surface area contributed by atoms with Gasteiger partial charge in [0, 0.05) is 17.2 Å². The van der Waals surface area contributed by atoms with Gasteiger partial charge in [-0.15, -0.1) is 23.2 Å². The maximum absolute atomic E-state index is 6.45. The number of methoxy groups -OCH3 is 4. The summed E-state index contributed by atoms with van der Waals surface area (Å²) in [5.74, 6) is 2.49. The highest BCUT2D eigenvalue weighted by atomic mass is 79.9. The Morgan fingerprint density at radius 1 is 0.741 bits per heavy atom. The van der Waals surface area contributed by atoms with Crippen LogP contribution in [-0.2, 0) is 0 Å². The quantitative estimate of drug-likeness (QED) is 0.517. The van der Waals surface area contributed by atoms with Gasteiger partial charge in [0.05, 0.1) is 28.4 Å². The van der Waals surface area contributed by atoms with E-state index in [1.165, 1.54) is 0 Å². The maximum atomic E-state index is 6.45. The predicted octanol–water partition coefficient (Wildman–Crippen LogP) is 5.50. The molecule has 0 N–H and O–H groups in total. The molecule has 0 fully saturated rings. The van der Waals surface area contributed by atoms with Crippen LogP contribution in [0.25, 0.3) is 0 Å². The lowest BCUT2D eigenvalue weighted by Gasteiger charge is -2.35. The van der Waals surface area contributed by atoms with Crippen molar-refractivity contribution in [3.8, 4) is 23.0 Å². The predicted molar refractivity (Wildman–Crippen MR) is 112 cm³/mol. The van der Waals surface area contributed by atoms with E-state index in [2.05, 4.69) is 15.9 Å². The lowest BCUT2D eigenvalue weighted by molar-refractivity contribution is 0.352. The highest BCUT2D eigenvalue weighted by Gasteiger charge is 2.37. The van der Waals surface area contributed by atoms with Crippen LogP contribution in [0.3, 0.4) is 0 Å². The van der Waals surface area contributed by atoms with Crippen LogP contribution in [0.1, 0.15) is 34.1 Å². The first kappa shape index (κ1) is 20.4. The third kappa shape index (κ3) is 3.45. The number of ether oxygens (including phenoxy) is 4. The van der Waals surface area contributed by atoms with Crippen LogP contribution in [-0.4, -0.2) is 38.6 Å². The van der Waals surface area contributed by atoms with Crippen molar-refractivity contribution in [3.05, 3.63) is 46.5 Å². The fourth-order valence-corrected chi connectivity index (χ4v) is 4.98. The van der Waals surface area contributed by atoms with Crippen molar-refractivity contribution in [1.29, 1.82) is 0 Å².